The molecule has 2 aromatic heterocycles. The van der Waals surface area contributed by atoms with E-state index in [1.165, 1.54) is 14.2 Å². The fourth-order valence-corrected chi connectivity index (χ4v) is 3.23. The second kappa shape index (κ2) is 12.4. The Bertz CT molecular complexity index is 1600. The van der Waals surface area contributed by atoms with Gasteiger partial charge in [-0.05, 0) is 35.3 Å². The number of aromatic nitrogens is 6. The lowest BCUT2D eigenvalue weighted by Gasteiger charge is -2.18. The first-order valence-corrected chi connectivity index (χ1v) is 11.4. The molecule has 2 aromatic carbocycles. The Hall–Kier alpha value is -4.84. The molecule has 0 atom stereocenters. The van der Waals surface area contributed by atoms with E-state index >= 15 is 0 Å². The molecule has 0 fully saturated rings. The highest BCUT2D eigenvalue weighted by molar-refractivity contribution is 6.28. The predicted molar refractivity (Wildman–Crippen MR) is 127 cm³/mol. The van der Waals surface area contributed by atoms with E-state index in [2.05, 4.69) is 34.6 Å². The van der Waals surface area contributed by atoms with Gasteiger partial charge in [-0.15, -0.1) is 9.97 Å². The van der Waals surface area contributed by atoms with Crippen molar-refractivity contribution in [2.24, 2.45) is 0 Å². The summed E-state index contributed by atoms with van der Waals surface area (Å²) in [4.78, 5) is 34.6. The third-order valence-corrected chi connectivity index (χ3v) is 5.06. The van der Waals surface area contributed by atoms with Gasteiger partial charge in [0.05, 0.1) is 26.9 Å². The first kappa shape index (κ1) is 30.1. The smallest absolute Gasteiger partial charge is 0.338 e. The van der Waals surface area contributed by atoms with Gasteiger partial charge in [-0.25, -0.2) is 18.0 Å². The number of ether oxygens (including phenoxy) is 6. The van der Waals surface area contributed by atoms with Gasteiger partial charge in [-0.2, -0.15) is 28.7 Å². The first-order valence-electron chi connectivity index (χ1n) is 10.7. The zero-order valence-electron chi connectivity index (χ0n) is 20.8. The minimum absolute atomic E-state index is 0.361. The van der Waals surface area contributed by atoms with Crippen LogP contribution in [0.3, 0.4) is 0 Å². The molecule has 0 amide bonds. The normalized spacial score (nSPS) is 10.7. The number of carbonyl (C=O) groups excluding carboxylic acids is 1. The minimum atomic E-state index is -2.45. The van der Waals surface area contributed by atoms with E-state index in [1.807, 2.05) is 0 Å². The average Bonchev–Trinajstić information content (AvgIpc) is 2.96. The zero-order chi connectivity index (χ0) is 30.7. The molecule has 0 radical (unpaired) electrons. The molecule has 0 bridgehead atoms. The van der Waals surface area contributed by atoms with Crippen molar-refractivity contribution in [1.82, 2.24) is 29.9 Å². The van der Waals surface area contributed by atoms with Gasteiger partial charge >= 0.3 is 30.0 Å². The zero-order valence-corrected chi connectivity index (χ0v) is 22.4. The van der Waals surface area contributed by atoms with Crippen LogP contribution in [0.4, 0.5) is 22.0 Å². The van der Waals surface area contributed by atoms with Crippen molar-refractivity contribution < 1.29 is 55.2 Å². The monoisotopic (exact) mass is 636 g/mol. The van der Waals surface area contributed by atoms with Crippen LogP contribution in [0, 0.1) is 29.1 Å². The molecule has 0 aliphatic carbocycles. The lowest BCUT2D eigenvalue weighted by atomic mass is 10.1. The Morgan fingerprint density at radius 2 is 1.00 bits per heavy atom. The van der Waals surface area contributed by atoms with Crippen molar-refractivity contribution in [3.8, 4) is 47.0 Å². The van der Waals surface area contributed by atoms with E-state index in [-0.39, 0.29) is 17.6 Å². The van der Waals surface area contributed by atoms with E-state index in [0.29, 0.717) is 0 Å². The first-order chi connectivity index (χ1) is 19.9. The van der Waals surface area contributed by atoms with Gasteiger partial charge in [0, 0.05) is 0 Å². The number of carbonyl (C=O) groups is 1. The van der Waals surface area contributed by atoms with E-state index in [9.17, 15) is 26.7 Å². The van der Waals surface area contributed by atoms with Gasteiger partial charge in [-0.1, -0.05) is 0 Å². The van der Waals surface area contributed by atoms with Crippen molar-refractivity contribution in [3.05, 3.63) is 57.3 Å². The Kier molecular flexibility index (Phi) is 8.86. The van der Waals surface area contributed by atoms with Gasteiger partial charge in [0.15, 0.2) is 11.5 Å². The van der Waals surface area contributed by atoms with Crippen LogP contribution in [0.2, 0.25) is 10.6 Å². The molecule has 0 N–H and O–H groups in total. The van der Waals surface area contributed by atoms with Crippen LogP contribution in [0.25, 0.3) is 0 Å². The van der Waals surface area contributed by atoms with E-state index in [1.54, 1.807) is 0 Å². The molecular formula is C22H11Cl2F5N6O7. The second-order valence-corrected chi connectivity index (χ2v) is 7.92. The molecule has 0 unspecified atom stereocenters. The summed E-state index contributed by atoms with van der Waals surface area (Å²) < 4.78 is 101. The van der Waals surface area contributed by atoms with Crippen molar-refractivity contribution in [1.29, 1.82) is 0 Å². The average molecular weight is 637 g/mol. The van der Waals surface area contributed by atoms with Crippen LogP contribution >= 0.6 is 23.2 Å². The molecular weight excluding hydrogens is 626 g/mol. The van der Waals surface area contributed by atoms with Gasteiger partial charge in [0.1, 0.15) is 0 Å². The topological polar surface area (TPSA) is 150 Å². The highest BCUT2D eigenvalue weighted by atomic mass is 35.5. The minimum Gasteiger partial charge on any atom is -0.467 e. The highest BCUT2D eigenvalue weighted by Gasteiger charge is 2.31. The molecule has 0 saturated heterocycles. The van der Waals surface area contributed by atoms with Crippen LogP contribution in [-0.4, -0.2) is 57.2 Å². The standard InChI is InChI=1S/C22H11Cl2F5N6O7/c1-37-16(36)6-4-7(40-21-32-17(23)30-19(34-21)38-2)14(42-15-12(28)10(26)9(25)11(27)13(15)29)8(5-6)41-22-33-18(24)31-20(35-22)39-3/h4-5H,1-3H3. The quantitative estimate of drug-likeness (QED) is 0.102. The van der Waals surface area contributed by atoms with Gasteiger partial charge in [0.2, 0.25) is 51.2 Å². The van der Waals surface area contributed by atoms with Gasteiger partial charge in [-0.3, -0.25) is 0 Å². The third kappa shape index (κ3) is 6.23. The molecule has 13 nitrogen and oxygen atoms in total. The summed E-state index contributed by atoms with van der Waals surface area (Å²) in [5, 5.41) is -0.904. The summed E-state index contributed by atoms with van der Waals surface area (Å²) in [6.07, 6.45) is 0. The molecule has 20 heteroatoms. The summed E-state index contributed by atoms with van der Waals surface area (Å²) in [6, 6.07) is -0.283. The predicted octanol–water partition coefficient (Wildman–Crippen LogP) is 5.24. The number of halogens is 7. The number of rotatable bonds is 9. The van der Waals surface area contributed by atoms with E-state index in [0.717, 1.165) is 19.2 Å². The van der Waals surface area contributed by atoms with E-state index < -0.39 is 80.6 Å². The van der Waals surface area contributed by atoms with Crippen LogP contribution in [-0.2, 0) is 4.74 Å². The van der Waals surface area contributed by atoms with Crippen LogP contribution in [0.5, 0.6) is 47.0 Å². The van der Waals surface area contributed by atoms with E-state index in [4.69, 9.17) is 46.9 Å². The lowest BCUT2D eigenvalue weighted by Crippen LogP contribution is -2.08. The summed E-state index contributed by atoms with van der Waals surface area (Å²) in [6.45, 7) is 0. The van der Waals surface area contributed by atoms with Crippen LogP contribution < -0.4 is 23.7 Å². The fraction of sp³-hybridized carbons (Fsp3) is 0.136. The molecule has 0 saturated carbocycles. The molecule has 0 spiro atoms. The fourth-order valence-electron chi connectivity index (χ4n) is 2.94. The Balaban J connectivity index is 1.99. The number of hydrogen-bond acceptors (Lipinski definition) is 13. The second-order valence-electron chi connectivity index (χ2n) is 7.25. The molecule has 4 aromatic rings. The molecule has 220 valence electrons. The number of nitrogens with zero attached hydrogens (tertiary/aromatic N) is 6. The number of benzene rings is 2. The maximum atomic E-state index is 14.6. The third-order valence-electron chi connectivity index (χ3n) is 4.72. The summed E-state index contributed by atoms with van der Waals surface area (Å²) in [5.74, 6) is -17.0. The molecule has 0 aliphatic heterocycles. The number of methoxy groups -OCH3 is 3. The summed E-state index contributed by atoms with van der Waals surface area (Å²) >= 11 is 11.6. The number of esters is 1. The molecule has 42 heavy (non-hydrogen) atoms. The van der Waals surface area contributed by atoms with Crippen LogP contribution in [0.1, 0.15) is 10.4 Å². The Labute approximate surface area is 240 Å². The Morgan fingerprint density at radius 1 is 0.595 bits per heavy atom. The van der Waals surface area contributed by atoms with Crippen molar-refractivity contribution in [3.63, 3.8) is 0 Å². The SMILES string of the molecule is COC(=O)c1cc(Oc2nc(Cl)nc(OC)n2)c(Oc2c(F)c(F)c(F)c(F)c2F)c(Oc2nc(Cl)nc(OC)n2)c1. The van der Waals surface area contributed by atoms with Gasteiger partial charge < -0.3 is 28.4 Å². The summed E-state index contributed by atoms with van der Waals surface area (Å²) in [5.41, 5.74) is -0.369. The number of hydrogen-bond donors (Lipinski definition) is 0. The van der Waals surface area contributed by atoms with Crippen LogP contribution in [0.15, 0.2) is 12.1 Å². The largest absolute Gasteiger partial charge is 0.467 e. The Morgan fingerprint density at radius 3 is 1.40 bits per heavy atom. The maximum Gasteiger partial charge on any atom is 0.338 e. The molecule has 4 rings (SSSR count). The summed E-state index contributed by atoms with van der Waals surface area (Å²) in [7, 11) is 3.35. The van der Waals surface area contributed by atoms with Crippen molar-refractivity contribution >= 4 is 29.2 Å². The lowest BCUT2D eigenvalue weighted by molar-refractivity contribution is 0.0599. The van der Waals surface area contributed by atoms with Crippen molar-refractivity contribution in [2.45, 2.75) is 0 Å². The molecule has 2 heterocycles. The van der Waals surface area contributed by atoms with Crippen molar-refractivity contribution in [2.75, 3.05) is 21.3 Å². The van der Waals surface area contributed by atoms with Gasteiger partial charge in [0.25, 0.3) is 0 Å². The molecule has 0 aliphatic rings. The highest BCUT2D eigenvalue weighted by Crippen LogP contribution is 2.46. The maximum absolute atomic E-state index is 14.6.